The van der Waals surface area contributed by atoms with E-state index in [0.29, 0.717) is 5.76 Å². The molecule has 3 nitrogen and oxygen atoms in total. The number of allylic oxidation sites excluding steroid dienone is 3. The van der Waals surface area contributed by atoms with E-state index < -0.39 is 0 Å². The summed E-state index contributed by atoms with van der Waals surface area (Å²) in [6.07, 6.45) is 8.25. The summed E-state index contributed by atoms with van der Waals surface area (Å²) in [5.41, 5.74) is 0.803. The maximum atomic E-state index is 5.58. The summed E-state index contributed by atoms with van der Waals surface area (Å²) in [6.45, 7) is 11.3. The lowest BCUT2D eigenvalue weighted by molar-refractivity contribution is 0.463. The van der Waals surface area contributed by atoms with Crippen LogP contribution in [0, 0.1) is 0 Å². The Labute approximate surface area is 95.9 Å². The van der Waals surface area contributed by atoms with Gasteiger partial charge in [-0.15, -0.1) is 0 Å². The molecule has 0 amide bonds. The van der Waals surface area contributed by atoms with Crippen LogP contribution in [0.3, 0.4) is 0 Å². The van der Waals surface area contributed by atoms with Gasteiger partial charge in [0.1, 0.15) is 0 Å². The van der Waals surface area contributed by atoms with E-state index in [1.54, 1.807) is 30.8 Å². The SMILES string of the molecule is C=C/C=N\C=C(/C=C)c1cnc(C(C)C)o1. The molecule has 0 radical (unpaired) electrons. The third-order valence-electron chi connectivity index (χ3n) is 1.93. The Morgan fingerprint density at radius 3 is 2.75 bits per heavy atom. The molecule has 16 heavy (non-hydrogen) atoms. The molecule has 0 aromatic carbocycles. The van der Waals surface area contributed by atoms with Gasteiger partial charge in [-0.05, 0) is 0 Å². The van der Waals surface area contributed by atoms with Crippen LogP contribution in [-0.4, -0.2) is 11.2 Å². The quantitative estimate of drug-likeness (QED) is 0.557. The van der Waals surface area contributed by atoms with Crippen LogP contribution in [0.25, 0.3) is 5.57 Å². The molecule has 0 atom stereocenters. The zero-order chi connectivity index (χ0) is 12.0. The van der Waals surface area contributed by atoms with Gasteiger partial charge in [0, 0.05) is 23.9 Å². The van der Waals surface area contributed by atoms with Crippen molar-refractivity contribution in [3.8, 4) is 0 Å². The van der Waals surface area contributed by atoms with Gasteiger partial charge in [0.2, 0.25) is 0 Å². The number of aliphatic imine (C=N–C) groups is 1. The van der Waals surface area contributed by atoms with Gasteiger partial charge < -0.3 is 4.42 Å². The molecule has 1 aromatic rings. The minimum Gasteiger partial charge on any atom is -0.440 e. The first kappa shape index (κ1) is 12.2. The summed E-state index contributed by atoms with van der Waals surface area (Å²) in [6, 6.07) is 0. The van der Waals surface area contributed by atoms with Crippen molar-refractivity contribution in [3.63, 3.8) is 0 Å². The molecule has 0 aliphatic carbocycles. The number of oxazole rings is 1. The standard InChI is InChI=1S/C13H16N2O/c1-5-7-14-8-11(6-2)12-9-15-13(16-12)10(3)4/h5-10H,1-2H2,3-4H3/b11-8+,14-7-. The summed E-state index contributed by atoms with van der Waals surface area (Å²) in [4.78, 5) is 8.21. The van der Waals surface area contributed by atoms with E-state index in [0.717, 1.165) is 11.5 Å². The molecule has 0 spiro atoms. The van der Waals surface area contributed by atoms with Crippen LogP contribution in [0.15, 0.2) is 47.1 Å². The van der Waals surface area contributed by atoms with Crippen LogP contribution < -0.4 is 0 Å². The van der Waals surface area contributed by atoms with Crippen molar-refractivity contribution in [2.75, 3.05) is 0 Å². The van der Waals surface area contributed by atoms with E-state index in [2.05, 4.69) is 23.1 Å². The minimum absolute atomic E-state index is 0.275. The summed E-state index contributed by atoms with van der Waals surface area (Å²) in [5.74, 6) is 1.67. The maximum absolute atomic E-state index is 5.58. The van der Waals surface area contributed by atoms with Crippen molar-refractivity contribution in [3.05, 3.63) is 49.4 Å². The highest BCUT2D eigenvalue weighted by Gasteiger charge is 2.09. The van der Waals surface area contributed by atoms with Gasteiger partial charge in [0.25, 0.3) is 0 Å². The van der Waals surface area contributed by atoms with E-state index in [9.17, 15) is 0 Å². The molecule has 0 aliphatic heterocycles. The lowest BCUT2D eigenvalue weighted by atomic mass is 10.2. The second-order valence-corrected chi connectivity index (χ2v) is 3.54. The van der Waals surface area contributed by atoms with Gasteiger partial charge >= 0.3 is 0 Å². The van der Waals surface area contributed by atoms with Crippen molar-refractivity contribution in [1.29, 1.82) is 0 Å². The third-order valence-corrected chi connectivity index (χ3v) is 1.93. The predicted molar refractivity (Wildman–Crippen MR) is 67.5 cm³/mol. The van der Waals surface area contributed by atoms with E-state index in [4.69, 9.17) is 4.42 Å². The molecule has 0 aliphatic rings. The van der Waals surface area contributed by atoms with Gasteiger partial charge in [-0.3, -0.25) is 4.99 Å². The lowest BCUT2D eigenvalue weighted by Gasteiger charge is -1.97. The Bertz CT molecular complexity index is 425. The minimum atomic E-state index is 0.275. The third kappa shape index (κ3) is 3.05. The van der Waals surface area contributed by atoms with E-state index in [1.165, 1.54) is 0 Å². The van der Waals surface area contributed by atoms with Gasteiger partial charge in [0.05, 0.1) is 6.20 Å². The number of hydrogen-bond acceptors (Lipinski definition) is 3. The number of aromatic nitrogens is 1. The summed E-state index contributed by atoms with van der Waals surface area (Å²) < 4.78 is 5.58. The molecule has 1 aromatic heterocycles. The van der Waals surface area contributed by atoms with Crippen LogP contribution in [-0.2, 0) is 0 Å². The van der Waals surface area contributed by atoms with Gasteiger partial charge in [-0.1, -0.05) is 39.2 Å². The van der Waals surface area contributed by atoms with Crippen LogP contribution in [0.1, 0.15) is 31.4 Å². The Morgan fingerprint density at radius 2 is 2.25 bits per heavy atom. The molecule has 0 fully saturated rings. The molecule has 84 valence electrons. The Morgan fingerprint density at radius 1 is 1.50 bits per heavy atom. The number of rotatable bonds is 5. The molecule has 0 bridgehead atoms. The van der Waals surface area contributed by atoms with Crippen LogP contribution in [0.2, 0.25) is 0 Å². The molecule has 3 heteroatoms. The van der Waals surface area contributed by atoms with Crippen LogP contribution >= 0.6 is 0 Å². The summed E-state index contributed by atoms with van der Waals surface area (Å²) in [5, 5.41) is 0. The van der Waals surface area contributed by atoms with E-state index in [-0.39, 0.29) is 5.92 Å². The Hall–Kier alpha value is -1.90. The molecule has 0 N–H and O–H groups in total. The molecule has 1 heterocycles. The van der Waals surface area contributed by atoms with Gasteiger partial charge in [-0.25, -0.2) is 4.98 Å². The number of nitrogens with zero attached hydrogens (tertiary/aromatic N) is 2. The van der Waals surface area contributed by atoms with Crippen LogP contribution in [0.5, 0.6) is 0 Å². The fraction of sp³-hybridized carbons (Fsp3) is 0.231. The average Bonchev–Trinajstić information content (AvgIpc) is 2.74. The predicted octanol–water partition coefficient (Wildman–Crippen LogP) is 3.58. The van der Waals surface area contributed by atoms with Crippen LogP contribution in [0.4, 0.5) is 0 Å². The highest BCUT2D eigenvalue weighted by atomic mass is 16.4. The van der Waals surface area contributed by atoms with E-state index >= 15 is 0 Å². The van der Waals surface area contributed by atoms with Crippen molar-refractivity contribution < 1.29 is 4.42 Å². The van der Waals surface area contributed by atoms with Crippen molar-refractivity contribution in [1.82, 2.24) is 4.98 Å². The Balaban J connectivity index is 2.95. The fourth-order valence-electron chi connectivity index (χ4n) is 1.09. The zero-order valence-electron chi connectivity index (χ0n) is 9.68. The first-order valence-electron chi connectivity index (χ1n) is 5.12. The van der Waals surface area contributed by atoms with Crippen molar-refractivity contribution >= 4 is 11.8 Å². The Kier molecular flexibility index (Phi) is 4.45. The number of hydrogen-bond donors (Lipinski definition) is 0. The monoisotopic (exact) mass is 216 g/mol. The van der Waals surface area contributed by atoms with Gasteiger partial charge in [-0.2, -0.15) is 0 Å². The van der Waals surface area contributed by atoms with Gasteiger partial charge in [0.15, 0.2) is 11.7 Å². The molecular formula is C13H16N2O. The van der Waals surface area contributed by atoms with Crippen molar-refractivity contribution in [2.24, 2.45) is 4.99 Å². The second-order valence-electron chi connectivity index (χ2n) is 3.54. The molecule has 0 saturated carbocycles. The highest BCUT2D eigenvalue weighted by molar-refractivity contribution is 5.74. The molecule has 1 rings (SSSR count). The molecular weight excluding hydrogens is 200 g/mol. The zero-order valence-corrected chi connectivity index (χ0v) is 9.68. The largest absolute Gasteiger partial charge is 0.440 e. The molecule has 0 saturated heterocycles. The van der Waals surface area contributed by atoms with Crippen molar-refractivity contribution in [2.45, 2.75) is 19.8 Å². The lowest BCUT2D eigenvalue weighted by Crippen LogP contribution is -1.84. The topological polar surface area (TPSA) is 38.4 Å². The first-order valence-corrected chi connectivity index (χ1v) is 5.12. The summed E-state index contributed by atoms with van der Waals surface area (Å²) >= 11 is 0. The average molecular weight is 216 g/mol. The highest BCUT2D eigenvalue weighted by Crippen LogP contribution is 2.20. The second kappa shape index (κ2) is 5.85. The molecule has 0 unspecified atom stereocenters. The normalized spacial score (nSPS) is 12.3. The summed E-state index contributed by atoms with van der Waals surface area (Å²) in [7, 11) is 0. The maximum Gasteiger partial charge on any atom is 0.197 e. The smallest absolute Gasteiger partial charge is 0.197 e. The first-order chi connectivity index (χ1) is 7.69. The van der Waals surface area contributed by atoms with E-state index in [1.807, 2.05) is 13.8 Å². The fourth-order valence-corrected chi connectivity index (χ4v) is 1.09.